The van der Waals surface area contributed by atoms with Crippen molar-refractivity contribution >= 4 is 5.78 Å². The first-order valence-corrected chi connectivity index (χ1v) is 6.79. The Labute approximate surface area is 98.5 Å². The standard InChI is InChI=1S/C14H23NO/c16-14(11-12-7-9-15-10-8-12)13-5-3-1-2-4-6-13/h5,12,15H,1-4,6-11H2. The Hall–Kier alpha value is -0.630. The molecule has 0 radical (unpaired) electrons. The quantitative estimate of drug-likeness (QED) is 0.794. The number of piperidine rings is 1. The van der Waals surface area contributed by atoms with Gasteiger partial charge in [-0.3, -0.25) is 4.79 Å². The van der Waals surface area contributed by atoms with Crippen molar-refractivity contribution in [3.8, 4) is 0 Å². The van der Waals surface area contributed by atoms with Gasteiger partial charge in [-0.2, -0.15) is 0 Å². The maximum atomic E-state index is 12.1. The summed E-state index contributed by atoms with van der Waals surface area (Å²) in [6, 6.07) is 0. The molecule has 2 aliphatic rings. The molecule has 2 heteroatoms. The molecule has 1 N–H and O–H groups in total. The molecule has 1 aliphatic carbocycles. The molecule has 0 aromatic carbocycles. The van der Waals surface area contributed by atoms with Crippen LogP contribution in [0.2, 0.25) is 0 Å². The van der Waals surface area contributed by atoms with Crippen LogP contribution in [0.4, 0.5) is 0 Å². The Morgan fingerprint density at radius 1 is 1.25 bits per heavy atom. The summed E-state index contributed by atoms with van der Waals surface area (Å²) in [6.45, 7) is 2.19. The SMILES string of the molecule is O=C(CC1CCNCC1)C1=CCCCCC1. The second-order valence-electron chi connectivity index (χ2n) is 5.15. The van der Waals surface area contributed by atoms with Gasteiger partial charge in [-0.25, -0.2) is 0 Å². The van der Waals surface area contributed by atoms with E-state index in [0.717, 1.165) is 37.9 Å². The predicted octanol–water partition coefficient (Wildman–Crippen LogP) is 2.84. The highest BCUT2D eigenvalue weighted by molar-refractivity contribution is 5.95. The lowest BCUT2D eigenvalue weighted by Crippen LogP contribution is -2.29. The van der Waals surface area contributed by atoms with E-state index < -0.39 is 0 Å². The van der Waals surface area contributed by atoms with Crippen molar-refractivity contribution in [1.29, 1.82) is 0 Å². The molecule has 1 saturated heterocycles. The van der Waals surface area contributed by atoms with E-state index in [9.17, 15) is 4.79 Å². The number of hydrogen-bond acceptors (Lipinski definition) is 2. The molecule has 0 amide bonds. The number of nitrogens with one attached hydrogen (secondary N) is 1. The van der Waals surface area contributed by atoms with E-state index in [1.165, 1.54) is 32.1 Å². The first kappa shape index (κ1) is 11.8. The Morgan fingerprint density at radius 2 is 2.06 bits per heavy atom. The van der Waals surface area contributed by atoms with Gasteiger partial charge in [0, 0.05) is 6.42 Å². The molecule has 90 valence electrons. The Balaban J connectivity index is 1.83. The fourth-order valence-corrected chi connectivity index (χ4v) is 2.75. The first-order valence-electron chi connectivity index (χ1n) is 6.79. The Kier molecular flexibility index (Phi) is 4.58. The molecule has 2 nitrogen and oxygen atoms in total. The number of rotatable bonds is 3. The van der Waals surface area contributed by atoms with Crippen LogP contribution < -0.4 is 5.32 Å². The fraction of sp³-hybridized carbons (Fsp3) is 0.786. The van der Waals surface area contributed by atoms with Gasteiger partial charge in [-0.1, -0.05) is 12.5 Å². The van der Waals surface area contributed by atoms with E-state index in [1.54, 1.807) is 0 Å². The minimum atomic E-state index is 0.439. The average molecular weight is 221 g/mol. The molecule has 0 bridgehead atoms. The van der Waals surface area contributed by atoms with Crippen molar-refractivity contribution in [3.63, 3.8) is 0 Å². The molecule has 0 unspecified atom stereocenters. The molecule has 0 aromatic rings. The van der Waals surface area contributed by atoms with Crippen molar-refractivity contribution < 1.29 is 4.79 Å². The molecule has 0 spiro atoms. The molecular formula is C14H23NO. The van der Waals surface area contributed by atoms with Gasteiger partial charge in [0.25, 0.3) is 0 Å². The maximum absolute atomic E-state index is 12.1. The molecule has 1 fully saturated rings. The summed E-state index contributed by atoms with van der Waals surface area (Å²) in [7, 11) is 0. The van der Waals surface area contributed by atoms with Gasteiger partial charge in [0.1, 0.15) is 0 Å². The minimum absolute atomic E-state index is 0.439. The molecule has 1 heterocycles. The summed E-state index contributed by atoms with van der Waals surface area (Å²) in [5.74, 6) is 1.08. The minimum Gasteiger partial charge on any atom is -0.317 e. The number of ketones is 1. The van der Waals surface area contributed by atoms with Crippen molar-refractivity contribution in [1.82, 2.24) is 5.32 Å². The van der Waals surface area contributed by atoms with Crippen LogP contribution in [-0.4, -0.2) is 18.9 Å². The number of allylic oxidation sites excluding steroid dienone is 2. The van der Waals surface area contributed by atoms with Gasteiger partial charge in [-0.15, -0.1) is 0 Å². The number of Topliss-reactive ketones (excluding diaryl/α,β-unsaturated/α-hetero) is 1. The second kappa shape index (κ2) is 6.19. The molecule has 0 aromatic heterocycles. The average Bonchev–Trinajstić information content (AvgIpc) is 2.59. The van der Waals surface area contributed by atoms with E-state index in [1.807, 2.05) is 0 Å². The zero-order valence-electron chi connectivity index (χ0n) is 10.1. The van der Waals surface area contributed by atoms with Crippen LogP contribution >= 0.6 is 0 Å². The largest absolute Gasteiger partial charge is 0.317 e. The topological polar surface area (TPSA) is 29.1 Å². The zero-order chi connectivity index (χ0) is 11.2. The van der Waals surface area contributed by atoms with Crippen molar-refractivity contribution in [2.75, 3.05) is 13.1 Å². The van der Waals surface area contributed by atoms with Crippen LogP contribution in [-0.2, 0) is 4.79 Å². The predicted molar refractivity (Wildman–Crippen MR) is 66.4 cm³/mol. The molecule has 16 heavy (non-hydrogen) atoms. The van der Waals surface area contributed by atoms with E-state index in [2.05, 4.69) is 11.4 Å². The summed E-state index contributed by atoms with van der Waals surface area (Å²) in [5.41, 5.74) is 1.14. The van der Waals surface area contributed by atoms with Crippen LogP contribution in [0.5, 0.6) is 0 Å². The van der Waals surface area contributed by atoms with E-state index in [-0.39, 0.29) is 0 Å². The third-order valence-electron chi connectivity index (χ3n) is 3.83. The Bertz CT molecular complexity index is 264. The number of carbonyl (C=O) groups excluding carboxylic acids is 1. The summed E-state index contributed by atoms with van der Waals surface area (Å²) < 4.78 is 0. The summed E-state index contributed by atoms with van der Waals surface area (Å²) >= 11 is 0. The molecule has 1 aliphatic heterocycles. The normalized spacial score (nSPS) is 23.6. The van der Waals surface area contributed by atoms with Crippen molar-refractivity contribution in [2.45, 2.75) is 51.4 Å². The van der Waals surface area contributed by atoms with Gasteiger partial charge < -0.3 is 5.32 Å². The summed E-state index contributed by atoms with van der Waals surface area (Å²) in [5, 5.41) is 3.35. The molecule has 0 atom stereocenters. The lowest BCUT2D eigenvalue weighted by Gasteiger charge is -2.22. The van der Waals surface area contributed by atoms with Gasteiger partial charge in [0.05, 0.1) is 0 Å². The van der Waals surface area contributed by atoms with E-state index >= 15 is 0 Å². The number of hydrogen-bond donors (Lipinski definition) is 1. The first-order chi connectivity index (χ1) is 7.86. The lowest BCUT2D eigenvalue weighted by atomic mass is 9.89. The van der Waals surface area contributed by atoms with Crippen LogP contribution in [0.15, 0.2) is 11.6 Å². The second-order valence-corrected chi connectivity index (χ2v) is 5.15. The smallest absolute Gasteiger partial charge is 0.158 e. The third kappa shape index (κ3) is 3.44. The molecular weight excluding hydrogens is 198 g/mol. The monoisotopic (exact) mass is 221 g/mol. The fourth-order valence-electron chi connectivity index (χ4n) is 2.75. The molecule has 2 rings (SSSR count). The van der Waals surface area contributed by atoms with Crippen LogP contribution in [0, 0.1) is 5.92 Å². The van der Waals surface area contributed by atoms with Crippen LogP contribution in [0.1, 0.15) is 51.4 Å². The van der Waals surface area contributed by atoms with Gasteiger partial charge in [0.15, 0.2) is 5.78 Å². The van der Waals surface area contributed by atoms with Crippen LogP contribution in [0.3, 0.4) is 0 Å². The van der Waals surface area contributed by atoms with Crippen molar-refractivity contribution in [3.05, 3.63) is 11.6 Å². The lowest BCUT2D eigenvalue weighted by molar-refractivity contribution is -0.116. The van der Waals surface area contributed by atoms with Crippen molar-refractivity contribution in [2.24, 2.45) is 5.92 Å². The highest BCUT2D eigenvalue weighted by Crippen LogP contribution is 2.23. The van der Waals surface area contributed by atoms with E-state index in [0.29, 0.717) is 11.7 Å². The highest BCUT2D eigenvalue weighted by Gasteiger charge is 2.19. The number of carbonyl (C=O) groups is 1. The highest BCUT2D eigenvalue weighted by atomic mass is 16.1. The zero-order valence-corrected chi connectivity index (χ0v) is 10.1. The van der Waals surface area contributed by atoms with Gasteiger partial charge in [0.2, 0.25) is 0 Å². The third-order valence-corrected chi connectivity index (χ3v) is 3.83. The summed E-state index contributed by atoms with van der Waals surface area (Å²) in [6.07, 6.45) is 11.3. The van der Waals surface area contributed by atoms with Gasteiger partial charge in [-0.05, 0) is 63.1 Å². The van der Waals surface area contributed by atoms with Crippen LogP contribution in [0.25, 0.3) is 0 Å². The summed E-state index contributed by atoms with van der Waals surface area (Å²) in [4.78, 5) is 12.1. The van der Waals surface area contributed by atoms with Gasteiger partial charge >= 0.3 is 0 Å². The maximum Gasteiger partial charge on any atom is 0.158 e. The Morgan fingerprint density at radius 3 is 2.88 bits per heavy atom. The molecule has 0 saturated carbocycles. The van der Waals surface area contributed by atoms with E-state index in [4.69, 9.17) is 0 Å².